The molecule has 0 aliphatic carbocycles. The number of aromatic nitrogens is 2. The molecule has 0 radical (unpaired) electrons. The number of ether oxygens (including phenoxy) is 1. The van der Waals surface area contributed by atoms with Crippen LogP contribution in [0.15, 0.2) is 6.20 Å². The van der Waals surface area contributed by atoms with E-state index in [0.717, 1.165) is 25.8 Å². The van der Waals surface area contributed by atoms with Crippen molar-refractivity contribution in [3.63, 3.8) is 0 Å². The van der Waals surface area contributed by atoms with Crippen LogP contribution in [0, 0.1) is 11.8 Å². The van der Waals surface area contributed by atoms with Crippen molar-refractivity contribution in [3.8, 4) is 0 Å². The third-order valence-electron chi connectivity index (χ3n) is 7.03. The van der Waals surface area contributed by atoms with Gasteiger partial charge in [-0.2, -0.15) is 0 Å². The third kappa shape index (κ3) is 10.0. The second-order valence-corrected chi connectivity index (χ2v) is 11.9. The van der Waals surface area contributed by atoms with Crippen molar-refractivity contribution in [1.82, 2.24) is 25.1 Å². The summed E-state index contributed by atoms with van der Waals surface area (Å²) in [6.45, 7) is 17.8. The van der Waals surface area contributed by atoms with Crippen LogP contribution in [0.25, 0.3) is 0 Å². The minimum atomic E-state index is -0.223. The number of halogens is 2. The molecule has 0 unspecified atom stereocenters. The summed E-state index contributed by atoms with van der Waals surface area (Å²) in [5, 5.41) is 6.87. The molecule has 224 valence electrons. The predicted molar refractivity (Wildman–Crippen MR) is 161 cm³/mol. The third-order valence-corrected chi connectivity index (χ3v) is 7.03. The maximum Gasteiger partial charge on any atom is 0.259 e. The topological polar surface area (TPSA) is 99.7 Å². The Labute approximate surface area is 247 Å². The van der Waals surface area contributed by atoms with E-state index in [4.69, 9.17) is 9.72 Å². The number of carbonyl (C=O) groups excluding carboxylic acids is 2. The first kappa shape index (κ1) is 35.3. The molecular weight excluding hydrogens is 539 g/mol. The van der Waals surface area contributed by atoms with E-state index < -0.39 is 0 Å². The van der Waals surface area contributed by atoms with E-state index in [9.17, 15) is 9.59 Å². The highest BCUT2D eigenvalue weighted by molar-refractivity contribution is 5.98. The molecule has 0 saturated carbocycles. The molecule has 1 aromatic rings. The number of amides is 2. The summed E-state index contributed by atoms with van der Waals surface area (Å²) in [6, 6.07) is -0.0751. The highest BCUT2D eigenvalue weighted by Gasteiger charge is 2.36. The number of anilines is 1. The minimum absolute atomic E-state index is 0. The molecule has 3 rings (SSSR count). The number of hydrogen-bond donors (Lipinski definition) is 2. The van der Waals surface area contributed by atoms with Crippen LogP contribution in [0.4, 0.5) is 5.82 Å². The number of morpholine rings is 1. The fourth-order valence-electron chi connectivity index (χ4n) is 4.95. The van der Waals surface area contributed by atoms with Crippen LogP contribution >= 0.6 is 24.8 Å². The Morgan fingerprint density at radius 3 is 2.49 bits per heavy atom. The molecule has 0 aromatic carbocycles. The molecule has 9 nitrogen and oxygen atoms in total. The average molecular weight is 590 g/mol. The SMILES string of the molecule is CCCCCNc1nc(C(C)(C)C)ncc1C(=O)N(CC(C)C)[C@@H]1CNC[C@H](C(=O)N2CCOCC2)C1.Cl.Cl. The second kappa shape index (κ2) is 16.6. The van der Waals surface area contributed by atoms with E-state index in [-0.39, 0.29) is 59.9 Å². The van der Waals surface area contributed by atoms with Crippen LogP contribution in [-0.2, 0) is 14.9 Å². The van der Waals surface area contributed by atoms with Crippen molar-refractivity contribution >= 4 is 42.4 Å². The van der Waals surface area contributed by atoms with Gasteiger partial charge in [0.1, 0.15) is 17.2 Å². The molecule has 0 spiro atoms. The first-order chi connectivity index (χ1) is 17.6. The van der Waals surface area contributed by atoms with Crippen molar-refractivity contribution in [1.29, 1.82) is 0 Å². The van der Waals surface area contributed by atoms with E-state index in [2.05, 4.69) is 57.2 Å². The lowest BCUT2D eigenvalue weighted by Crippen LogP contribution is -2.56. The van der Waals surface area contributed by atoms with Gasteiger partial charge in [-0.25, -0.2) is 9.97 Å². The van der Waals surface area contributed by atoms with Crippen LogP contribution < -0.4 is 10.6 Å². The van der Waals surface area contributed by atoms with Gasteiger partial charge in [-0.05, 0) is 18.8 Å². The summed E-state index contributed by atoms with van der Waals surface area (Å²) in [4.78, 5) is 40.6. The monoisotopic (exact) mass is 588 g/mol. The van der Waals surface area contributed by atoms with Gasteiger partial charge in [-0.15, -0.1) is 24.8 Å². The molecule has 2 aliphatic heterocycles. The highest BCUT2D eigenvalue weighted by atomic mass is 35.5. The Balaban J connectivity index is 0.00000380. The highest BCUT2D eigenvalue weighted by Crippen LogP contribution is 2.26. The number of hydrogen-bond acceptors (Lipinski definition) is 7. The normalized spacial score (nSPS) is 19.6. The number of unbranched alkanes of at least 4 members (excludes halogenated alkanes) is 2. The van der Waals surface area contributed by atoms with E-state index >= 15 is 0 Å². The van der Waals surface area contributed by atoms with Crippen LogP contribution in [0.3, 0.4) is 0 Å². The zero-order valence-electron chi connectivity index (χ0n) is 24.6. The van der Waals surface area contributed by atoms with Crippen LogP contribution in [0.2, 0.25) is 0 Å². The van der Waals surface area contributed by atoms with Gasteiger partial charge in [0.2, 0.25) is 5.91 Å². The zero-order valence-corrected chi connectivity index (χ0v) is 26.3. The number of carbonyl (C=O) groups is 2. The quantitative estimate of drug-likeness (QED) is 0.396. The lowest BCUT2D eigenvalue weighted by atomic mass is 9.92. The summed E-state index contributed by atoms with van der Waals surface area (Å²) in [5.74, 6) is 1.56. The largest absolute Gasteiger partial charge is 0.378 e. The lowest BCUT2D eigenvalue weighted by Gasteiger charge is -2.40. The molecule has 0 bridgehead atoms. The standard InChI is InChI=1S/C28H48N6O3.2ClH/c1-7-8-9-10-30-24-23(18-31-27(32-24)28(4,5)6)26(36)34(19-20(2)3)22-15-21(16-29-17-22)25(35)33-11-13-37-14-12-33;;/h18,20-22,29H,7-17,19H2,1-6H3,(H,30,31,32);2*1H/t21-,22+;;/m1../s1. The minimum Gasteiger partial charge on any atom is -0.378 e. The Bertz CT molecular complexity index is 906. The van der Waals surface area contributed by atoms with Gasteiger partial charge in [0, 0.05) is 56.9 Å². The van der Waals surface area contributed by atoms with Gasteiger partial charge in [0.05, 0.1) is 19.1 Å². The smallest absolute Gasteiger partial charge is 0.259 e. The number of piperidine rings is 1. The summed E-state index contributed by atoms with van der Waals surface area (Å²) >= 11 is 0. The van der Waals surface area contributed by atoms with Crippen molar-refractivity contribution < 1.29 is 14.3 Å². The second-order valence-electron chi connectivity index (χ2n) is 11.9. The van der Waals surface area contributed by atoms with E-state index in [1.807, 2.05) is 9.80 Å². The van der Waals surface area contributed by atoms with Gasteiger partial charge >= 0.3 is 0 Å². The number of nitrogens with one attached hydrogen (secondary N) is 2. The Morgan fingerprint density at radius 1 is 1.18 bits per heavy atom. The van der Waals surface area contributed by atoms with Crippen molar-refractivity contribution in [2.24, 2.45) is 11.8 Å². The molecule has 11 heteroatoms. The predicted octanol–water partition coefficient (Wildman–Crippen LogP) is 4.15. The van der Waals surface area contributed by atoms with E-state index in [1.165, 1.54) is 0 Å². The van der Waals surface area contributed by atoms with Gasteiger partial charge in [0.15, 0.2) is 0 Å². The molecular formula is C28H50Cl2N6O3. The van der Waals surface area contributed by atoms with Gasteiger partial charge < -0.3 is 25.2 Å². The number of nitrogens with zero attached hydrogens (tertiary/aromatic N) is 4. The zero-order chi connectivity index (χ0) is 27.0. The average Bonchev–Trinajstić information content (AvgIpc) is 2.89. The first-order valence-corrected chi connectivity index (χ1v) is 14.1. The fourth-order valence-corrected chi connectivity index (χ4v) is 4.95. The Morgan fingerprint density at radius 2 is 1.87 bits per heavy atom. The summed E-state index contributed by atoms with van der Waals surface area (Å²) in [5.41, 5.74) is 0.283. The number of rotatable bonds is 10. The molecule has 2 saturated heterocycles. The molecule has 2 amide bonds. The van der Waals surface area contributed by atoms with Gasteiger partial charge in [-0.3, -0.25) is 9.59 Å². The first-order valence-electron chi connectivity index (χ1n) is 14.1. The molecule has 2 atom stereocenters. The summed E-state index contributed by atoms with van der Waals surface area (Å²) < 4.78 is 5.42. The van der Waals surface area contributed by atoms with E-state index in [1.54, 1.807) is 6.20 Å². The molecule has 3 heterocycles. The van der Waals surface area contributed by atoms with Gasteiger partial charge in [0.25, 0.3) is 5.91 Å². The maximum absolute atomic E-state index is 14.1. The van der Waals surface area contributed by atoms with Crippen molar-refractivity contribution in [2.45, 2.75) is 78.7 Å². The van der Waals surface area contributed by atoms with Crippen LogP contribution in [-0.4, -0.2) is 90.1 Å². The van der Waals surface area contributed by atoms with Crippen molar-refractivity contribution in [3.05, 3.63) is 17.6 Å². The Kier molecular flexibility index (Phi) is 15.0. The molecule has 2 fully saturated rings. The van der Waals surface area contributed by atoms with Gasteiger partial charge in [-0.1, -0.05) is 54.4 Å². The fraction of sp³-hybridized carbons (Fsp3) is 0.786. The molecule has 2 aliphatic rings. The van der Waals surface area contributed by atoms with E-state index in [0.29, 0.717) is 69.6 Å². The molecule has 1 aromatic heterocycles. The Hall–Kier alpha value is -1.68. The summed E-state index contributed by atoms with van der Waals surface area (Å²) in [7, 11) is 0. The van der Waals surface area contributed by atoms with Crippen molar-refractivity contribution in [2.75, 3.05) is 57.8 Å². The maximum atomic E-state index is 14.1. The van der Waals surface area contributed by atoms with Crippen LogP contribution in [0.5, 0.6) is 0 Å². The molecule has 2 N–H and O–H groups in total. The molecule has 39 heavy (non-hydrogen) atoms. The lowest BCUT2D eigenvalue weighted by molar-refractivity contribution is -0.140. The summed E-state index contributed by atoms with van der Waals surface area (Å²) in [6.07, 6.45) is 5.62. The van der Waals surface area contributed by atoms with Crippen LogP contribution in [0.1, 0.15) is 83.4 Å².